The van der Waals surface area contributed by atoms with Crippen molar-refractivity contribution in [3.63, 3.8) is 0 Å². The van der Waals surface area contributed by atoms with Gasteiger partial charge in [0, 0.05) is 37.9 Å². The smallest absolute Gasteiger partial charge is 0.259 e. The first-order valence-electron chi connectivity index (χ1n) is 8.53. The third-order valence-electron chi connectivity index (χ3n) is 5.36. The van der Waals surface area contributed by atoms with Crippen LogP contribution in [0.4, 0.5) is 8.78 Å². The molecule has 1 saturated heterocycles. The van der Waals surface area contributed by atoms with Crippen molar-refractivity contribution in [1.82, 2.24) is 4.90 Å². The zero-order valence-corrected chi connectivity index (χ0v) is 13.6. The Bertz CT molecular complexity index is 588. The number of benzene rings is 1. The lowest BCUT2D eigenvalue weighted by Gasteiger charge is -2.40. The highest BCUT2D eigenvalue weighted by Gasteiger charge is 2.54. The number of nitrogens with two attached hydrogens (primary N) is 1. The molecule has 1 aliphatic carbocycles. The Morgan fingerprint density at radius 1 is 1.21 bits per heavy atom. The van der Waals surface area contributed by atoms with Crippen LogP contribution < -0.4 is 5.73 Å². The maximum absolute atomic E-state index is 13.7. The molecule has 3 N–H and O–H groups in total. The predicted octanol–water partition coefficient (Wildman–Crippen LogP) is 2.26. The van der Waals surface area contributed by atoms with Gasteiger partial charge >= 0.3 is 0 Å². The molecule has 1 saturated carbocycles. The average Bonchev–Trinajstić information content (AvgIpc) is 2.95. The Labute approximate surface area is 140 Å². The summed E-state index contributed by atoms with van der Waals surface area (Å²) in [6.07, 6.45) is 0.717. The maximum atomic E-state index is 13.7. The van der Waals surface area contributed by atoms with Crippen molar-refractivity contribution in [3.05, 3.63) is 35.9 Å². The molecule has 4 nitrogen and oxygen atoms in total. The minimum absolute atomic E-state index is 0.0506. The first-order valence-corrected chi connectivity index (χ1v) is 8.53. The highest BCUT2D eigenvalue weighted by atomic mass is 19.3. The summed E-state index contributed by atoms with van der Waals surface area (Å²) in [5.41, 5.74) is 4.37. The van der Waals surface area contributed by atoms with Crippen molar-refractivity contribution in [2.75, 3.05) is 13.1 Å². The van der Waals surface area contributed by atoms with Crippen LogP contribution in [0.15, 0.2) is 30.3 Å². The molecule has 1 heterocycles. The number of carbonyl (C=O) groups excluding carboxylic acids is 1. The molecule has 132 valence electrons. The molecular weight excluding hydrogens is 314 g/mol. The fourth-order valence-corrected chi connectivity index (χ4v) is 3.88. The van der Waals surface area contributed by atoms with Gasteiger partial charge in [-0.25, -0.2) is 8.78 Å². The van der Waals surface area contributed by atoms with E-state index >= 15 is 0 Å². The number of rotatable bonds is 3. The topological polar surface area (TPSA) is 66.6 Å². The number of halogens is 2. The minimum Gasteiger partial charge on any atom is -0.375 e. The van der Waals surface area contributed by atoms with E-state index in [-0.39, 0.29) is 18.9 Å². The van der Waals surface area contributed by atoms with Crippen LogP contribution in [-0.4, -0.2) is 41.0 Å². The van der Waals surface area contributed by atoms with Gasteiger partial charge in [-0.2, -0.15) is 0 Å². The zero-order valence-electron chi connectivity index (χ0n) is 13.6. The number of piperidine rings is 1. The largest absolute Gasteiger partial charge is 0.375 e. The number of hydrogen-bond acceptors (Lipinski definition) is 3. The molecule has 2 fully saturated rings. The van der Waals surface area contributed by atoms with E-state index in [4.69, 9.17) is 5.73 Å². The molecule has 0 radical (unpaired) electrons. The third kappa shape index (κ3) is 3.17. The monoisotopic (exact) mass is 338 g/mol. The molecule has 1 aliphatic heterocycles. The fourth-order valence-electron chi connectivity index (χ4n) is 3.88. The SMILES string of the molecule is NC1CCN(C(=O)C(O)(c2ccccc2)C2CCC(F)(F)C2)CC1. The van der Waals surface area contributed by atoms with Crippen LogP contribution in [0.3, 0.4) is 0 Å². The van der Waals surface area contributed by atoms with E-state index in [1.807, 2.05) is 0 Å². The Morgan fingerprint density at radius 3 is 2.38 bits per heavy atom. The summed E-state index contributed by atoms with van der Waals surface area (Å²) in [6, 6.07) is 8.54. The van der Waals surface area contributed by atoms with Gasteiger partial charge in [0.05, 0.1) is 0 Å². The molecule has 1 aromatic rings. The van der Waals surface area contributed by atoms with Crippen LogP contribution >= 0.6 is 0 Å². The molecule has 24 heavy (non-hydrogen) atoms. The van der Waals surface area contributed by atoms with Gasteiger partial charge in [-0.3, -0.25) is 4.79 Å². The van der Waals surface area contributed by atoms with E-state index in [0.29, 0.717) is 31.5 Å². The minimum atomic E-state index is -2.82. The van der Waals surface area contributed by atoms with Crippen LogP contribution in [-0.2, 0) is 10.4 Å². The number of carbonyl (C=O) groups is 1. The van der Waals surface area contributed by atoms with Gasteiger partial charge in [-0.15, -0.1) is 0 Å². The van der Waals surface area contributed by atoms with Crippen molar-refractivity contribution in [2.24, 2.45) is 11.7 Å². The quantitative estimate of drug-likeness (QED) is 0.888. The van der Waals surface area contributed by atoms with Crippen molar-refractivity contribution in [2.45, 2.75) is 49.7 Å². The lowest BCUT2D eigenvalue weighted by molar-refractivity contribution is -0.161. The van der Waals surface area contributed by atoms with Crippen LogP contribution in [0, 0.1) is 5.92 Å². The van der Waals surface area contributed by atoms with E-state index in [2.05, 4.69) is 0 Å². The summed E-state index contributed by atoms with van der Waals surface area (Å²) in [6.45, 7) is 0.913. The number of alkyl halides is 2. The Balaban J connectivity index is 1.92. The molecular formula is C18H24F2N2O2. The number of hydrogen-bond donors (Lipinski definition) is 2. The maximum Gasteiger partial charge on any atom is 0.259 e. The number of amides is 1. The molecule has 2 atom stereocenters. The van der Waals surface area contributed by atoms with Gasteiger partial charge in [0.15, 0.2) is 5.60 Å². The second-order valence-electron chi connectivity index (χ2n) is 7.06. The Morgan fingerprint density at radius 2 is 1.83 bits per heavy atom. The molecule has 0 bridgehead atoms. The van der Waals surface area contributed by atoms with Gasteiger partial charge in [0.2, 0.25) is 5.92 Å². The summed E-state index contributed by atoms with van der Waals surface area (Å²) in [4.78, 5) is 14.7. The Hall–Kier alpha value is -1.53. The van der Waals surface area contributed by atoms with Crippen molar-refractivity contribution in [1.29, 1.82) is 0 Å². The number of nitrogens with zero attached hydrogens (tertiary/aromatic N) is 1. The van der Waals surface area contributed by atoms with Gasteiger partial charge < -0.3 is 15.7 Å². The average molecular weight is 338 g/mol. The van der Waals surface area contributed by atoms with Gasteiger partial charge in [-0.1, -0.05) is 30.3 Å². The molecule has 0 spiro atoms. The molecule has 2 aliphatic rings. The zero-order chi connectivity index (χ0) is 17.4. The summed E-state index contributed by atoms with van der Waals surface area (Å²) in [7, 11) is 0. The van der Waals surface area contributed by atoms with E-state index < -0.39 is 29.8 Å². The Kier molecular flexibility index (Phi) is 4.62. The molecule has 0 aromatic heterocycles. The first-order chi connectivity index (χ1) is 11.3. The summed E-state index contributed by atoms with van der Waals surface area (Å²) in [5.74, 6) is -4.07. The van der Waals surface area contributed by atoms with E-state index in [9.17, 15) is 18.7 Å². The van der Waals surface area contributed by atoms with Crippen LogP contribution in [0.5, 0.6) is 0 Å². The van der Waals surface area contributed by atoms with E-state index in [1.165, 1.54) is 0 Å². The van der Waals surface area contributed by atoms with Crippen molar-refractivity contribution < 1.29 is 18.7 Å². The second kappa shape index (κ2) is 6.41. The molecule has 3 rings (SSSR count). The predicted molar refractivity (Wildman–Crippen MR) is 86.4 cm³/mol. The molecule has 1 aromatic carbocycles. The third-order valence-corrected chi connectivity index (χ3v) is 5.36. The highest BCUT2D eigenvalue weighted by Crippen LogP contribution is 2.48. The first kappa shape index (κ1) is 17.3. The lowest BCUT2D eigenvalue weighted by atomic mass is 9.78. The lowest BCUT2D eigenvalue weighted by Crippen LogP contribution is -2.54. The van der Waals surface area contributed by atoms with E-state index in [0.717, 1.165) is 0 Å². The molecule has 2 unspecified atom stereocenters. The summed E-state index contributed by atoms with van der Waals surface area (Å²) < 4.78 is 27.5. The summed E-state index contributed by atoms with van der Waals surface area (Å²) >= 11 is 0. The normalized spacial score (nSPS) is 27.0. The number of likely N-dealkylation sites (tertiary alicyclic amines) is 1. The molecule has 1 amide bonds. The molecule has 6 heteroatoms. The standard InChI is InChI=1S/C18H24F2N2O2/c19-17(20)9-6-14(12-17)18(24,13-4-2-1-3-5-13)16(23)22-10-7-15(21)8-11-22/h1-5,14-15,24H,6-12,21H2. The van der Waals surface area contributed by atoms with Crippen molar-refractivity contribution in [3.8, 4) is 0 Å². The van der Waals surface area contributed by atoms with Gasteiger partial charge in [0.1, 0.15) is 0 Å². The second-order valence-corrected chi connectivity index (χ2v) is 7.06. The summed E-state index contributed by atoms with van der Waals surface area (Å²) in [5, 5.41) is 11.3. The van der Waals surface area contributed by atoms with Gasteiger partial charge in [0.25, 0.3) is 5.91 Å². The van der Waals surface area contributed by atoms with Crippen LogP contribution in [0.2, 0.25) is 0 Å². The highest BCUT2D eigenvalue weighted by molar-refractivity contribution is 5.87. The van der Waals surface area contributed by atoms with Crippen LogP contribution in [0.25, 0.3) is 0 Å². The van der Waals surface area contributed by atoms with Crippen molar-refractivity contribution >= 4 is 5.91 Å². The van der Waals surface area contributed by atoms with Gasteiger partial charge in [-0.05, 0) is 24.8 Å². The number of aliphatic hydroxyl groups is 1. The van der Waals surface area contributed by atoms with E-state index in [1.54, 1.807) is 35.2 Å². The van der Waals surface area contributed by atoms with Crippen LogP contribution in [0.1, 0.15) is 37.7 Å². The fraction of sp³-hybridized carbons (Fsp3) is 0.611.